The Morgan fingerprint density at radius 2 is 1.72 bits per heavy atom. The summed E-state index contributed by atoms with van der Waals surface area (Å²) < 4.78 is 54.6. The molecule has 0 atom stereocenters. The highest BCUT2D eigenvalue weighted by Crippen LogP contribution is 2.20. The summed E-state index contributed by atoms with van der Waals surface area (Å²) in [7, 11) is -4.02. The average molecular weight is 464 g/mol. The first-order valence-electron chi connectivity index (χ1n) is 9.26. The van der Waals surface area contributed by atoms with Gasteiger partial charge in [-0.1, -0.05) is 13.0 Å². The quantitative estimate of drug-likeness (QED) is 0.482. The fraction of sp³-hybridized carbons (Fsp3) is 0.158. The molecule has 0 saturated heterocycles. The maximum Gasteiger partial charge on any atom is 0.287 e. The number of anilines is 3. The molecule has 1 amide bonds. The Kier molecular flexibility index (Phi) is 6.48. The number of hydrogen-bond donors (Lipinski definition) is 3. The van der Waals surface area contributed by atoms with E-state index in [-0.39, 0.29) is 17.3 Å². The third-order valence-electron chi connectivity index (χ3n) is 4.15. The standard InChI is InChI=1S/C19H18F2N6O4S/c1-2-4-15(28)26-32(30,31)12-9-7-11(8-10-12)23-19-24-18(22)27(25-19)17(29)16-13(20)5-3-6-14(16)21/h3,5-10H,2,4H2,1H3,(H,26,28)(H3,22,23,24,25). The van der Waals surface area contributed by atoms with Gasteiger partial charge in [0.05, 0.1) is 4.90 Å². The minimum atomic E-state index is -4.02. The number of halogens is 2. The minimum Gasteiger partial charge on any atom is -0.368 e. The second-order valence-corrected chi connectivity index (χ2v) is 8.22. The number of rotatable bonds is 7. The van der Waals surface area contributed by atoms with Gasteiger partial charge < -0.3 is 11.1 Å². The number of aromatic nitrogens is 3. The van der Waals surface area contributed by atoms with Gasteiger partial charge in [0.15, 0.2) is 0 Å². The van der Waals surface area contributed by atoms with Crippen LogP contribution in [0.3, 0.4) is 0 Å². The van der Waals surface area contributed by atoms with Gasteiger partial charge in [-0.3, -0.25) is 9.59 Å². The summed E-state index contributed by atoms with van der Waals surface area (Å²) in [6.45, 7) is 1.75. The zero-order valence-electron chi connectivity index (χ0n) is 16.7. The summed E-state index contributed by atoms with van der Waals surface area (Å²) in [6.07, 6.45) is 0.573. The number of hydrogen-bond acceptors (Lipinski definition) is 8. The van der Waals surface area contributed by atoms with Gasteiger partial charge in [-0.05, 0) is 42.8 Å². The number of carbonyl (C=O) groups is 2. The SMILES string of the molecule is CCCC(=O)NS(=O)(=O)c1ccc(Nc2nc(N)n(C(=O)c3c(F)cccc3F)n2)cc1. The van der Waals surface area contributed by atoms with Gasteiger partial charge in [-0.15, -0.1) is 5.10 Å². The normalized spacial score (nSPS) is 11.2. The molecule has 3 aromatic rings. The summed E-state index contributed by atoms with van der Waals surface area (Å²) in [5.74, 6) is -4.51. The van der Waals surface area contributed by atoms with Crippen molar-refractivity contribution in [3.8, 4) is 0 Å². The fourth-order valence-corrected chi connectivity index (χ4v) is 3.68. The molecule has 0 saturated carbocycles. The maximum atomic E-state index is 13.9. The lowest BCUT2D eigenvalue weighted by molar-refractivity contribution is -0.119. The van der Waals surface area contributed by atoms with E-state index in [2.05, 4.69) is 15.4 Å². The van der Waals surface area contributed by atoms with E-state index >= 15 is 0 Å². The number of nitrogens with two attached hydrogens (primary N) is 1. The van der Waals surface area contributed by atoms with E-state index in [4.69, 9.17) is 5.73 Å². The van der Waals surface area contributed by atoms with Gasteiger partial charge in [0.25, 0.3) is 15.9 Å². The summed E-state index contributed by atoms with van der Waals surface area (Å²) in [5, 5.41) is 6.50. The molecule has 0 radical (unpaired) electrons. The first-order valence-corrected chi connectivity index (χ1v) is 10.7. The Morgan fingerprint density at radius 1 is 1.09 bits per heavy atom. The summed E-state index contributed by atoms with van der Waals surface area (Å²) >= 11 is 0. The topological polar surface area (TPSA) is 149 Å². The van der Waals surface area contributed by atoms with Crippen molar-refractivity contribution in [3.63, 3.8) is 0 Å². The molecular formula is C19H18F2N6O4S. The zero-order valence-corrected chi connectivity index (χ0v) is 17.5. The van der Waals surface area contributed by atoms with Crippen LogP contribution in [-0.4, -0.2) is 35.0 Å². The molecule has 13 heteroatoms. The highest BCUT2D eigenvalue weighted by atomic mass is 32.2. The van der Waals surface area contributed by atoms with E-state index in [0.717, 1.165) is 18.2 Å². The van der Waals surface area contributed by atoms with Crippen LogP contribution >= 0.6 is 0 Å². The highest BCUT2D eigenvalue weighted by Gasteiger charge is 2.23. The third kappa shape index (κ3) is 4.88. The van der Waals surface area contributed by atoms with E-state index in [1.54, 1.807) is 6.92 Å². The molecule has 0 spiro atoms. The van der Waals surface area contributed by atoms with Gasteiger partial charge in [0.1, 0.15) is 17.2 Å². The monoisotopic (exact) mass is 464 g/mol. The fourth-order valence-electron chi connectivity index (χ4n) is 2.67. The molecule has 32 heavy (non-hydrogen) atoms. The lowest BCUT2D eigenvalue weighted by Crippen LogP contribution is -2.30. The summed E-state index contributed by atoms with van der Waals surface area (Å²) in [4.78, 5) is 27.7. The van der Waals surface area contributed by atoms with Crippen molar-refractivity contribution in [1.82, 2.24) is 19.5 Å². The predicted octanol–water partition coefficient (Wildman–Crippen LogP) is 2.18. The zero-order chi connectivity index (χ0) is 23.5. The van der Waals surface area contributed by atoms with Crippen molar-refractivity contribution >= 4 is 39.4 Å². The molecule has 10 nitrogen and oxygen atoms in total. The Bertz CT molecular complexity index is 1260. The van der Waals surface area contributed by atoms with Gasteiger partial charge in [0.2, 0.25) is 17.8 Å². The first-order chi connectivity index (χ1) is 15.1. The van der Waals surface area contributed by atoms with Gasteiger partial charge in [-0.2, -0.15) is 9.67 Å². The number of carbonyl (C=O) groups excluding carboxylic acids is 2. The lowest BCUT2D eigenvalue weighted by atomic mass is 10.2. The van der Waals surface area contributed by atoms with Crippen molar-refractivity contribution in [2.24, 2.45) is 0 Å². The van der Waals surface area contributed by atoms with E-state index in [1.807, 2.05) is 4.72 Å². The molecule has 1 aromatic heterocycles. The molecule has 0 aliphatic rings. The lowest BCUT2D eigenvalue weighted by Gasteiger charge is -2.07. The average Bonchev–Trinajstić information content (AvgIpc) is 3.08. The maximum absolute atomic E-state index is 13.9. The van der Waals surface area contributed by atoms with E-state index in [1.165, 1.54) is 24.3 Å². The Morgan fingerprint density at radius 3 is 2.31 bits per heavy atom. The van der Waals surface area contributed by atoms with Crippen LogP contribution in [0.15, 0.2) is 47.4 Å². The van der Waals surface area contributed by atoms with Crippen LogP contribution in [0, 0.1) is 11.6 Å². The van der Waals surface area contributed by atoms with Crippen molar-refractivity contribution in [3.05, 3.63) is 59.7 Å². The second-order valence-electron chi connectivity index (χ2n) is 6.54. The molecule has 168 valence electrons. The largest absolute Gasteiger partial charge is 0.368 e. The molecule has 3 rings (SSSR count). The minimum absolute atomic E-state index is 0.0735. The molecule has 0 aliphatic heterocycles. The highest BCUT2D eigenvalue weighted by molar-refractivity contribution is 7.90. The third-order valence-corrected chi connectivity index (χ3v) is 5.54. The molecule has 0 aliphatic carbocycles. The van der Waals surface area contributed by atoms with Crippen molar-refractivity contribution in [1.29, 1.82) is 0 Å². The molecule has 1 heterocycles. The molecular weight excluding hydrogens is 446 g/mol. The number of nitrogens with zero attached hydrogens (tertiary/aromatic N) is 3. The van der Waals surface area contributed by atoms with Crippen LogP contribution < -0.4 is 15.8 Å². The summed E-state index contributed by atoms with van der Waals surface area (Å²) in [5.41, 5.74) is 5.14. The van der Waals surface area contributed by atoms with E-state index in [0.29, 0.717) is 16.8 Å². The number of nitrogens with one attached hydrogen (secondary N) is 2. The molecule has 2 aromatic carbocycles. The van der Waals surface area contributed by atoms with Gasteiger partial charge in [0, 0.05) is 12.1 Å². The van der Waals surface area contributed by atoms with E-state index in [9.17, 15) is 26.8 Å². The van der Waals surface area contributed by atoms with Crippen LogP contribution in [0.25, 0.3) is 0 Å². The number of amides is 1. The summed E-state index contributed by atoms with van der Waals surface area (Å²) in [6, 6.07) is 8.17. The van der Waals surface area contributed by atoms with Crippen LogP contribution in [0.5, 0.6) is 0 Å². The van der Waals surface area contributed by atoms with Crippen LogP contribution in [0.2, 0.25) is 0 Å². The van der Waals surface area contributed by atoms with Gasteiger partial charge in [-0.25, -0.2) is 21.9 Å². The number of sulfonamides is 1. The molecule has 0 unspecified atom stereocenters. The molecule has 4 N–H and O–H groups in total. The number of benzene rings is 2. The Hall–Kier alpha value is -3.87. The van der Waals surface area contributed by atoms with Crippen LogP contribution in [0.4, 0.5) is 26.4 Å². The van der Waals surface area contributed by atoms with Crippen LogP contribution in [0.1, 0.15) is 30.1 Å². The first kappa shape index (κ1) is 22.8. The van der Waals surface area contributed by atoms with Crippen molar-refractivity contribution in [2.45, 2.75) is 24.7 Å². The Labute approximate surface area is 181 Å². The van der Waals surface area contributed by atoms with Gasteiger partial charge >= 0.3 is 0 Å². The number of nitrogen functional groups attached to an aromatic ring is 1. The molecule has 0 bridgehead atoms. The van der Waals surface area contributed by atoms with Crippen molar-refractivity contribution in [2.75, 3.05) is 11.1 Å². The predicted molar refractivity (Wildman–Crippen MR) is 110 cm³/mol. The van der Waals surface area contributed by atoms with E-state index < -0.39 is 45.0 Å². The van der Waals surface area contributed by atoms with Crippen LogP contribution in [-0.2, 0) is 14.8 Å². The molecule has 0 fully saturated rings. The smallest absolute Gasteiger partial charge is 0.287 e. The second kappa shape index (κ2) is 9.09. The Balaban J connectivity index is 1.78. The van der Waals surface area contributed by atoms with Crippen molar-refractivity contribution < 1.29 is 26.8 Å².